The van der Waals surface area contributed by atoms with Crippen LogP contribution in [0.2, 0.25) is 0 Å². The van der Waals surface area contributed by atoms with Crippen molar-refractivity contribution < 1.29 is 9.47 Å². The third-order valence-corrected chi connectivity index (χ3v) is 4.60. The van der Waals surface area contributed by atoms with E-state index >= 15 is 0 Å². The molecule has 144 valence electrons. The van der Waals surface area contributed by atoms with Crippen LogP contribution in [0.5, 0.6) is 11.5 Å². The quantitative estimate of drug-likeness (QED) is 0.678. The lowest BCUT2D eigenvalue weighted by Crippen LogP contribution is -2.22. The summed E-state index contributed by atoms with van der Waals surface area (Å²) in [6.45, 7) is 3.73. The minimum absolute atomic E-state index is 0.280. The molecule has 0 radical (unpaired) electrons. The summed E-state index contributed by atoms with van der Waals surface area (Å²) in [4.78, 5) is 15.4. The molecule has 0 spiro atoms. The van der Waals surface area contributed by atoms with Crippen molar-refractivity contribution in [1.82, 2.24) is 15.0 Å². The average molecular weight is 377 g/mol. The minimum Gasteiger partial charge on any atom is -0.454 e. The highest BCUT2D eigenvalue weighted by Crippen LogP contribution is 2.32. The van der Waals surface area contributed by atoms with Crippen molar-refractivity contribution in [2.24, 2.45) is 0 Å². The van der Waals surface area contributed by atoms with Gasteiger partial charge < -0.3 is 19.7 Å². The van der Waals surface area contributed by atoms with Gasteiger partial charge in [-0.2, -0.15) is 4.98 Å². The normalized spacial score (nSPS) is 12.1. The van der Waals surface area contributed by atoms with Crippen LogP contribution in [-0.2, 0) is 13.0 Å². The maximum atomic E-state index is 5.43. The second kappa shape index (κ2) is 8.12. The molecule has 0 saturated heterocycles. The number of fused-ring (bicyclic) bond motifs is 1. The molecule has 0 amide bonds. The molecule has 1 N–H and O–H groups in total. The Morgan fingerprint density at radius 1 is 1.00 bits per heavy atom. The van der Waals surface area contributed by atoms with E-state index in [9.17, 15) is 0 Å². The van der Waals surface area contributed by atoms with Gasteiger partial charge in [-0.15, -0.1) is 0 Å². The van der Waals surface area contributed by atoms with E-state index in [2.05, 4.69) is 25.2 Å². The molecular weight excluding hydrogens is 354 g/mol. The van der Waals surface area contributed by atoms with Crippen molar-refractivity contribution in [3.8, 4) is 11.5 Å². The Hall–Kier alpha value is -3.35. The van der Waals surface area contributed by atoms with Gasteiger partial charge in [0.2, 0.25) is 12.7 Å². The van der Waals surface area contributed by atoms with Gasteiger partial charge in [0.25, 0.3) is 0 Å². The topological polar surface area (TPSA) is 72.4 Å². The van der Waals surface area contributed by atoms with Crippen LogP contribution in [0.3, 0.4) is 0 Å². The van der Waals surface area contributed by atoms with Crippen LogP contribution in [0, 0.1) is 6.92 Å². The molecule has 4 rings (SSSR count). The predicted octanol–water partition coefficient (Wildman–Crippen LogP) is 3.20. The molecular formula is C21H23N5O2. The number of benzene rings is 1. The van der Waals surface area contributed by atoms with Crippen molar-refractivity contribution in [2.45, 2.75) is 19.9 Å². The molecule has 0 saturated carbocycles. The number of aromatic nitrogens is 3. The Bertz CT molecular complexity index is 949. The number of rotatable bonds is 7. The molecule has 3 heterocycles. The average Bonchev–Trinajstić information content (AvgIpc) is 3.19. The van der Waals surface area contributed by atoms with E-state index < -0.39 is 0 Å². The highest BCUT2D eigenvalue weighted by molar-refractivity contribution is 5.47. The molecule has 1 aromatic carbocycles. The van der Waals surface area contributed by atoms with E-state index in [4.69, 9.17) is 9.47 Å². The van der Waals surface area contributed by atoms with Crippen molar-refractivity contribution in [3.05, 3.63) is 65.6 Å². The Morgan fingerprint density at radius 3 is 2.68 bits per heavy atom. The zero-order chi connectivity index (χ0) is 19.3. The Kier molecular flexibility index (Phi) is 5.23. The lowest BCUT2D eigenvalue weighted by atomic mass is 10.2. The number of hydrogen-bond acceptors (Lipinski definition) is 7. The lowest BCUT2D eigenvalue weighted by Gasteiger charge is -2.19. The summed E-state index contributed by atoms with van der Waals surface area (Å²) in [5.74, 6) is 3.08. The Morgan fingerprint density at radius 2 is 1.82 bits per heavy atom. The first-order chi connectivity index (χ1) is 13.7. The van der Waals surface area contributed by atoms with Crippen molar-refractivity contribution in [1.29, 1.82) is 0 Å². The van der Waals surface area contributed by atoms with Gasteiger partial charge in [-0.05, 0) is 48.7 Å². The monoisotopic (exact) mass is 377 g/mol. The van der Waals surface area contributed by atoms with Crippen molar-refractivity contribution in [3.63, 3.8) is 0 Å². The second-order valence-corrected chi connectivity index (χ2v) is 6.76. The van der Waals surface area contributed by atoms with Crippen LogP contribution in [0.15, 0.2) is 48.8 Å². The zero-order valence-corrected chi connectivity index (χ0v) is 16.1. The molecule has 7 nitrogen and oxygen atoms in total. The zero-order valence-electron chi connectivity index (χ0n) is 16.1. The SMILES string of the molecule is Cc1cc(N(C)CCc2ccncc2)nc(NCc2ccc3c(c2)OCO3)n1. The van der Waals surface area contributed by atoms with Gasteiger partial charge in [0, 0.05) is 44.3 Å². The summed E-state index contributed by atoms with van der Waals surface area (Å²) >= 11 is 0. The van der Waals surface area contributed by atoms with E-state index in [1.165, 1.54) is 5.56 Å². The first-order valence-electron chi connectivity index (χ1n) is 9.25. The molecule has 28 heavy (non-hydrogen) atoms. The molecule has 1 aliphatic rings. The molecule has 1 aliphatic heterocycles. The fourth-order valence-corrected chi connectivity index (χ4v) is 3.02. The van der Waals surface area contributed by atoms with Gasteiger partial charge in [-0.1, -0.05) is 6.07 Å². The van der Waals surface area contributed by atoms with Gasteiger partial charge in [0.1, 0.15) is 5.82 Å². The largest absolute Gasteiger partial charge is 0.454 e. The third kappa shape index (κ3) is 4.31. The van der Waals surface area contributed by atoms with Crippen LogP contribution in [-0.4, -0.2) is 35.3 Å². The number of aryl methyl sites for hydroxylation is 1. The maximum Gasteiger partial charge on any atom is 0.231 e. The molecule has 0 bridgehead atoms. The Labute approximate surface area is 164 Å². The highest BCUT2D eigenvalue weighted by Gasteiger charge is 2.13. The Balaban J connectivity index is 1.40. The number of hydrogen-bond donors (Lipinski definition) is 1. The number of nitrogens with one attached hydrogen (secondary N) is 1. The van der Waals surface area contributed by atoms with E-state index in [0.717, 1.165) is 41.5 Å². The van der Waals surface area contributed by atoms with Crippen LogP contribution >= 0.6 is 0 Å². The summed E-state index contributed by atoms with van der Waals surface area (Å²) in [6, 6.07) is 12.0. The molecule has 2 aromatic heterocycles. The van der Waals surface area contributed by atoms with Gasteiger partial charge in [-0.25, -0.2) is 4.98 Å². The van der Waals surface area contributed by atoms with Crippen molar-refractivity contribution >= 4 is 11.8 Å². The third-order valence-electron chi connectivity index (χ3n) is 4.60. The summed E-state index contributed by atoms with van der Waals surface area (Å²) in [5, 5.41) is 3.31. The molecule has 0 unspecified atom stereocenters. The molecule has 0 atom stereocenters. The molecule has 7 heteroatoms. The van der Waals surface area contributed by atoms with E-state index in [1.807, 2.05) is 62.8 Å². The lowest BCUT2D eigenvalue weighted by molar-refractivity contribution is 0.174. The summed E-state index contributed by atoms with van der Waals surface area (Å²) in [7, 11) is 2.05. The summed E-state index contributed by atoms with van der Waals surface area (Å²) < 4.78 is 10.8. The van der Waals surface area contributed by atoms with Crippen LogP contribution in [0.4, 0.5) is 11.8 Å². The van der Waals surface area contributed by atoms with Crippen LogP contribution in [0.25, 0.3) is 0 Å². The van der Waals surface area contributed by atoms with Gasteiger partial charge >= 0.3 is 0 Å². The first-order valence-corrected chi connectivity index (χ1v) is 9.25. The summed E-state index contributed by atoms with van der Waals surface area (Å²) in [6.07, 6.45) is 4.58. The van der Waals surface area contributed by atoms with Gasteiger partial charge in [0.05, 0.1) is 0 Å². The van der Waals surface area contributed by atoms with E-state index in [0.29, 0.717) is 12.5 Å². The minimum atomic E-state index is 0.280. The number of pyridine rings is 1. The second-order valence-electron chi connectivity index (χ2n) is 6.76. The van der Waals surface area contributed by atoms with E-state index in [-0.39, 0.29) is 6.79 Å². The first kappa shape index (κ1) is 18.0. The number of likely N-dealkylation sites (N-methyl/N-ethyl adjacent to an activating group) is 1. The van der Waals surface area contributed by atoms with Crippen molar-refractivity contribution in [2.75, 3.05) is 30.6 Å². The van der Waals surface area contributed by atoms with Gasteiger partial charge in [0.15, 0.2) is 11.5 Å². The smallest absolute Gasteiger partial charge is 0.231 e. The van der Waals surface area contributed by atoms with Gasteiger partial charge in [-0.3, -0.25) is 4.98 Å². The number of nitrogens with zero attached hydrogens (tertiary/aromatic N) is 4. The molecule has 0 aliphatic carbocycles. The fraction of sp³-hybridized carbons (Fsp3) is 0.286. The number of ether oxygens (including phenoxy) is 2. The summed E-state index contributed by atoms with van der Waals surface area (Å²) in [5.41, 5.74) is 3.27. The number of anilines is 2. The molecule has 0 fully saturated rings. The molecule has 3 aromatic rings. The van der Waals surface area contributed by atoms with Crippen LogP contribution < -0.4 is 19.7 Å². The fourth-order valence-electron chi connectivity index (χ4n) is 3.02. The maximum absolute atomic E-state index is 5.43. The highest BCUT2D eigenvalue weighted by atomic mass is 16.7. The van der Waals surface area contributed by atoms with E-state index in [1.54, 1.807) is 0 Å². The van der Waals surface area contributed by atoms with Crippen LogP contribution in [0.1, 0.15) is 16.8 Å². The predicted molar refractivity (Wildman–Crippen MR) is 108 cm³/mol. The standard InChI is InChI=1S/C21H23N5O2/c1-15-11-20(26(2)10-7-16-5-8-22-9-6-16)25-21(24-15)23-13-17-3-4-18-19(12-17)28-14-27-18/h3-6,8-9,11-12H,7,10,13-14H2,1-2H3,(H,23,24,25).